The van der Waals surface area contributed by atoms with Crippen molar-refractivity contribution in [2.75, 3.05) is 27.9 Å². The van der Waals surface area contributed by atoms with Gasteiger partial charge in [-0.2, -0.15) is 0 Å². The molecule has 0 amide bonds. The molecule has 3 aromatic carbocycles. The van der Waals surface area contributed by atoms with Crippen LogP contribution in [-0.2, 0) is 62.9 Å². The Morgan fingerprint density at radius 3 is 2.15 bits per heavy atom. The lowest BCUT2D eigenvalue weighted by Gasteiger charge is -2.28. The highest BCUT2D eigenvalue weighted by Gasteiger charge is 2.33. The molecule has 4 rings (SSSR count). The van der Waals surface area contributed by atoms with Gasteiger partial charge in [0, 0.05) is 32.1 Å². The van der Waals surface area contributed by atoms with Crippen molar-refractivity contribution in [3.8, 4) is 11.1 Å². The fourth-order valence-corrected chi connectivity index (χ4v) is 8.09. The smallest absolute Gasteiger partial charge is 0.347 e. The van der Waals surface area contributed by atoms with E-state index in [0.29, 0.717) is 18.9 Å². The number of esters is 2. The maximum atomic E-state index is 13.0. The molecule has 3 aromatic rings. The lowest BCUT2D eigenvalue weighted by Crippen LogP contribution is -2.26. The molecule has 0 heterocycles. The first-order valence-electron chi connectivity index (χ1n) is 19.2. The fraction of sp³-hybridized carbons (Fsp3) is 0.467. The first-order valence-corrected chi connectivity index (χ1v) is 20.3. The predicted molar refractivity (Wildman–Crippen MR) is 216 cm³/mol. The summed E-state index contributed by atoms with van der Waals surface area (Å²) in [6.07, 6.45) is 17.4. The van der Waals surface area contributed by atoms with E-state index in [0.717, 1.165) is 68.9 Å². The number of benzene rings is 3. The molecule has 0 aliphatic heterocycles. The molecule has 1 fully saturated rings. The fourth-order valence-electron chi connectivity index (χ4n) is 7.00. The third-order valence-electron chi connectivity index (χ3n) is 10.0. The van der Waals surface area contributed by atoms with Gasteiger partial charge in [0.15, 0.2) is 0 Å². The molecule has 8 heteroatoms. The molecule has 0 bridgehead atoms. The van der Waals surface area contributed by atoms with Gasteiger partial charge in [-0.25, -0.2) is 9.59 Å². The van der Waals surface area contributed by atoms with E-state index in [1.165, 1.54) is 53.2 Å². The molecular formula is C45H59O7S+. The highest BCUT2D eigenvalue weighted by molar-refractivity contribution is 7.88. The molecule has 1 saturated carbocycles. The summed E-state index contributed by atoms with van der Waals surface area (Å²) in [6.45, 7) is 6.01. The maximum absolute atomic E-state index is 13.0. The average molecular weight is 744 g/mol. The summed E-state index contributed by atoms with van der Waals surface area (Å²) in [5.74, 6) is -0.243. The average Bonchev–Trinajstić information content (AvgIpc) is 3.19. The van der Waals surface area contributed by atoms with Crippen molar-refractivity contribution >= 4 is 29.5 Å². The van der Waals surface area contributed by atoms with Crippen LogP contribution in [0, 0.1) is 0 Å². The van der Waals surface area contributed by atoms with Crippen molar-refractivity contribution in [3.05, 3.63) is 113 Å². The van der Waals surface area contributed by atoms with E-state index in [-0.39, 0.29) is 17.5 Å². The first kappa shape index (κ1) is 42.1. The maximum Gasteiger partial charge on any atom is 0.347 e. The van der Waals surface area contributed by atoms with E-state index in [4.69, 9.17) is 22.6 Å². The number of rotatable bonds is 22. The van der Waals surface area contributed by atoms with Gasteiger partial charge in [0.25, 0.3) is 5.44 Å². The van der Waals surface area contributed by atoms with Crippen LogP contribution in [0.3, 0.4) is 0 Å². The number of hydrogen-bond donors (Lipinski definition) is 0. The highest BCUT2D eigenvalue weighted by Crippen LogP contribution is 2.34. The van der Waals surface area contributed by atoms with Crippen LogP contribution >= 0.6 is 0 Å². The molecule has 7 nitrogen and oxygen atoms in total. The third kappa shape index (κ3) is 13.9. The molecular weight excluding hydrogens is 685 g/mol. The number of carbonyl (C=O) groups excluding carboxylic acids is 2. The molecule has 1 aliphatic rings. The van der Waals surface area contributed by atoms with E-state index >= 15 is 0 Å². The SMILES string of the molecule is C=CC(=O)OCCc1ccc(C2CCC(OC(=O)/C=C/c3ccc(-c4ccc(CCCCC)cc4)c(CCCC[C@H](OC)[S+](OC)OC)c3)CC2)cc1. The number of carbonyl (C=O) groups is 2. The number of unbranched alkanes of at least 4 members (excludes halogenated alkanes) is 3. The Hall–Kier alpha value is -3.69. The molecule has 1 aliphatic carbocycles. The second kappa shape index (κ2) is 23.2. The van der Waals surface area contributed by atoms with E-state index < -0.39 is 17.4 Å². The molecule has 286 valence electrons. The molecule has 0 N–H and O–H groups in total. The lowest BCUT2D eigenvalue weighted by atomic mass is 9.82. The second-order valence-electron chi connectivity index (χ2n) is 13.7. The highest BCUT2D eigenvalue weighted by atomic mass is 32.2. The van der Waals surface area contributed by atoms with E-state index in [1.54, 1.807) is 27.4 Å². The Bertz CT molecular complexity index is 1570. The van der Waals surface area contributed by atoms with Gasteiger partial charge in [0.05, 0.1) is 20.8 Å². The molecule has 0 saturated heterocycles. The predicted octanol–water partition coefficient (Wildman–Crippen LogP) is 10.1. The second-order valence-corrected chi connectivity index (χ2v) is 15.4. The number of aryl methyl sites for hydroxylation is 2. The Morgan fingerprint density at radius 2 is 1.49 bits per heavy atom. The first-order chi connectivity index (χ1) is 25.9. The molecule has 53 heavy (non-hydrogen) atoms. The van der Waals surface area contributed by atoms with Gasteiger partial charge in [-0.15, -0.1) is 8.37 Å². The summed E-state index contributed by atoms with van der Waals surface area (Å²) in [6, 6.07) is 24.0. The Kier molecular flexibility index (Phi) is 18.4. The van der Waals surface area contributed by atoms with Crippen LogP contribution in [0.2, 0.25) is 0 Å². The Balaban J connectivity index is 1.33. The van der Waals surface area contributed by atoms with Gasteiger partial charge >= 0.3 is 23.4 Å². The molecule has 0 spiro atoms. The molecule has 0 unspecified atom stereocenters. The summed E-state index contributed by atoms with van der Waals surface area (Å²) in [4.78, 5) is 24.2. The van der Waals surface area contributed by atoms with E-state index in [2.05, 4.69) is 80.2 Å². The van der Waals surface area contributed by atoms with Crippen LogP contribution in [0.1, 0.15) is 105 Å². The van der Waals surface area contributed by atoms with Crippen LogP contribution in [-0.4, -0.2) is 51.4 Å². The third-order valence-corrected chi connectivity index (χ3v) is 11.5. The van der Waals surface area contributed by atoms with Gasteiger partial charge < -0.3 is 14.2 Å². The van der Waals surface area contributed by atoms with Crippen LogP contribution in [0.25, 0.3) is 17.2 Å². The van der Waals surface area contributed by atoms with Gasteiger partial charge in [-0.05, 0) is 109 Å². The topological polar surface area (TPSA) is 80.3 Å². The quantitative estimate of drug-likeness (QED) is 0.0439. The van der Waals surface area contributed by atoms with E-state index in [9.17, 15) is 9.59 Å². The van der Waals surface area contributed by atoms with Crippen molar-refractivity contribution in [2.24, 2.45) is 0 Å². The van der Waals surface area contributed by atoms with Gasteiger partial charge in [0.2, 0.25) is 0 Å². The monoisotopic (exact) mass is 743 g/mol. The van der Waals surface area contributed by atoms with Gasteiger partial charge in [-0.1, -0.05) is 93.1 Å². The molecule has 1 atom stereocenters. The van der Waals surface area contributed by atoms with Crippen molar-refractivity contribution in [3.63, 3.8) is 0 Å². The minimum atomic E-state index is -0.681. The van der Waals surface area contributed by atoms with E-state index in [1.807, 2.05) is 6.08 Å². The van der Waals surface area contributed by atoms with Crippen LogP contribution in [0.4, 0.5) is 0 Å². The minimum absolute atomic E-state index is 0.0718. The van der Waals surface area contributed by atoms with Crippen molar-refractivity contribution < 1.29 is 32.2 Å². The van der Waals surface area contributed by atoms with Crippen molar-refractivity contribution in [2.45, 2.75) is 108 Å². The zero-order chi connectivity index (χ0) is 37.8. The van der Waals surface area contributed by atoms with Gasteiger partial charge in [-0.3, -0.25) is 0 Å². The standard InChI is InChI=1S/C45H59O7S/c1-6-8-9-12-34-17-23-39(24-18-34)42-29-19-36(33-40(42)13-10-11-14-45(48-3)53(49-4)50-5)20-30-44(47)52-41-27-25-38(26-28-41)37-21-15-35(16-22-37)31-32-51-43(46)7-2/h7,15-24,29-30,33,38,41,45H,2,6,8-14,25-28,31-32H2,1,3-5H3/q+1/b30-20+/t38?,41?,45-/m1/s1. The van der Waals surface area contributed by atoms with Crippen LogP contribution in [0.5, 0.6) is 0 Å². The summed E-state index contributed by atoms with van der Waals surface area (Å²) in [5, 5.41) is 0. The molecule has 0 radical (unpaired) electrons. The summed E-state index contributed by atoms with van der Waals surface area (Å²) in [5.41, 5.74) is 8.39. The Labute approximate surface area is 320 Å². The normalized spacial score (nSPS) is 16.5. The number of hydrogen-bond acceptors (Lipinski definition) is 7. The molecule has 0 aromatic heterocycles. The zero-order valence-electron chi connectivity index (χ0n) is 32.2. The Morgan fingerprint density at radius 1 is 0.811 bits per heavy atom. The summed E-state index contributed by atoms with van der Waals surface area (Å²) in [7, 11) is 5.01. The van der Waals surface area contributed by atoms with Crippen molar-refractivity contribution in [1.82, 2.24) is 0 Å². The minimum Gasteiger partial charge on any atom is -0.462 e. The van der Waals surface area contributed by atoms with Crippen LogP contribution < -0.4 is 0 Å². The van der Waals surface area contributed by atoms with Crippen LogP contribution in [0.15, 0.2) is 85.5 Å². The number of ether oxygens (including phenoxy) is 3. The number of methoxy groups -OCH3 is 1. The summed E-state index contributed by atoms with van der Waals surface area (Å²) < 4.78 is 27.6. The largest absolute Gasteiger partial charge is 0.462 e. The van der Waals surface area contributed by atoms with Gasteiger partial charge in [0.1, 0.15) is 6.10 Å². The zero-order valence-corrected chi connectivity index (χ0v) is 33.0. The van der Waals surface area contributed by atoms with Crippen molar-refractivity contribution in [1.29, 1.82) is 0 Å². The lowest BCUT2D eigenvalue weighted by molar-refractivity contribution is -0.144. The summed E-state index contributed by atoms with van der Waals surface area (Å²) >= 11 is -0.681.